The summed E-state index contributed by atoms with van der Waals surface area (Å²) in [5.41, 5.74) is 0. The fourth-order valence-corrected chi connectivity index (χ4v) is 0.144. The maximum Gasteiger partial charge on any atom is 0.104 e. The minimum atomic E-state index is -0.0461. The third kappa shape index (κ3) is 3.52. The fraction of sp³-hybridized carbons (Fsp3) is 0.400. The first kappa shape index (κ1) is 5.52. The molecular weight excluding hydrogens is 76.1 g/mol. The molecule has 0 aromatic rings. The summed E-state index contributed by atoms with van der Waals surface area (Å²) >= 11 is 0. The summed E-state index contributed by atoms with van der Waals surface area (Å²) in [6.45, 7) is 3.39. The van der Waals surface area contributed by atoms with Gasteiger partial charge in [0.2, 0.25) is 0 Å². The van der Waals surface area contributed by atoms with Crippen molar-refractivity contribution in [1.29, 1.82) is 0 Å². The summed E-state index contributed by atoms with van der Waals surface area (Å²) in [5, 5.41) is 8.00. The molecule has 0 saturated heterocycles. The van der Waals surface area contributed by atoms with Gasteiger partial charge < -0.3 is 5.11 Å². The summed E-state index contributed by atoms with van der Waals surface area (Å²) in [4.78, 5) is 0. The molecule has 0 aliphatic carbocycles. The SMILES string of the molecule is [CH2]CC#CCO. The van der Waals surface area contributed by atoms with Crippen molar-refractivity contribution in [2.45, 2.75) is 6.42 Å². The zero-order valence-electron chi connectivity index (χ0n) is 3.57. The van der Waals surface area contributed by atoms with E-state index in [1.165, 1.54) is 0 Å². The minimum Gasteiger partial charge on any atom is -0.384 e. The van der Waals surface area contributed by atoms with Crippen LogP contribution in [0.25, 0.3) is 0 Å². The molecule has 0 aliphatic rings. The van der Waals surface area contributed by atoms with Crippen molar-refractivity contribution in [2.75, 3.05) is 6.61 Å². The molecule has 0 rings (SSSR count). The highest BCUT2D eigenvalue weighted by Gasteiger charge is 1.56. The summed E-state index contributed by atoms with van der Waals surface area (Å²) in [6, 6.07) is 0. The number of rotatable bonds is 0. The zero-order valence-corrected chi connectivity index (χ0v) is 3.57. The van der Waals surface area contributed by atoms with Gasteiger partial charge in [-0.3, -0.25) is 0 Å². The van der Waals surface area contributed by atoms with E-state index in [1.54, 1.807) is 0 Å². The highest BCUT2D eigenvalue weighted by Crippen LogP contribution is 1.62. The van der Waals surface area contributed by atoms with Crippen LogP contribution in [0.5, 0.6) is 0 Å². The third-order valence-corrected chi connectivity index (χ3v) is 0.329. The molecule has 0 aromatic heterocycles. The van der Waals surface area contributed by atoms with E-state index in [4.69, 9.17) is 5.11 Å². The molecule has 0 saturated carbocycles. The third-order valence-electron chi connectivity index (χ3n) is 0.329. The van der Waals surface area contributed by atoms with Crippen molar-refractivity contribution in [2.24, 2.45) is 0 Å². The zero-order chi connectivity index (χ0) is 4.83. The quantitative estimate of drug-likeness (QED) is 0.415. The van der Waals surface area contributed by atoms with Crippen LogP contribution in [0.2, 0.25) is 0 Å². The molecule has 0 aliphatic heterocycles. The van der Waals surface area contributed by atoms with Gasteiger partial charge in [0, 0.05) is 6.42 Å². The van der Waals surface area contributed by atoms with Gasteiger partial charge in [0.1, 0.15) is 6.61 Å². The Hall–Kier alpha value is -0.480. The first-order valence-electron chi connectivity index (χ1n) is 1.77. The fourth-order valence-electron chi connectivity index (χ4n) is 0.144. The van der Waals surface area contributed by atoms with Crippen molar-refractivity contribution in [3.8, 4) is 11.8 Å². The molecule has 1 heteroatoms. The summed E-state index contributed by atoms with van der Waals surface area (Å²) in [6.07, 6.45) is 0.584. The molecule has 0 atom stereocenters. The molecule has 0 heterocycles. The Morgan fingerprint density at radius 3 is 2.33 bits per heavy atom. The van der Waals surface area contributed by atoms with Crippen LogP contribution in [-0.2, 0) is 0 Å². The van der Waals surface area contributed by atoms with E-state index < -0.39 is 0 Å². The van der Waals surface area contributed by atoms with Crippen LogP contribution in [-0.4, -0.2) is 11.7 Å². The van der Waals surface area contributed by atoms with Crippen LogP contribution in [0.3, 0.4) is 0 Å². The lowest BCUT2D eigenvalue weighted by atomic mass is 10.5. The molecule has 0 fully saturated rings. The largest absolute Gasteiger partial charge is 0.384 e. The Bertz CT molecular complexity index is 57.7. The Balaban J connectivity index is 2.90. The van der Waals surface area contributed by atoms with Gasteiger partial charge >= 0.3 is 0 Å². The van der Waals surface area contributed by atoms with Gasteiger partial charge in [-0.05, 0) is 6.92 Å². The first-order valence-corrected chi connectivity index (χ1v) is 1.77. The van der Waals surface area contributed by atoms with Crippen molar-refractivity contribution < 1.29 is 5.11 Å². The molecule has 0 unspecified atom stereocenters. The van der Waals surface area contributed by atoms with Crippen LogP contribution in [0.4, 0.5) is 0 Å². The minimum absolute atomic E-state index is 0.0461. The molecule has 0 aromatic carbocycles. The lowest BCUT2D eigenvalue weighted by molar-refractivity contribution is 0.350. The summed E-state index contributed by atoms with van der Waals surface area (Å²) in [5.74, 6) is 5.03. The van der Waals surface area contributed by atoms with E-state index in [1.807, 2.05) is 0 Å². The molecule has 0 spiro atoms. The Kier molecular flexibility index (Phi) is 4.16. The van der Waals surface area contributed by atoms with Crippen LogP contribution in [0.15, 0.2) is 0 Å². The lowest BCUT2D eigenvalue weighted by Crippen LogP contribution is -1.68. The average molecular weight is 83.1 g/mol. The Morgan fingerprint density at radius 1 is 1.50 bits per heavy atom. The van der Waals surface area contributed by atoms with Crippen LogP contribution < -0.4 is 0 Å². The van der Waals surface area contributed by atoms with E-state index in [-0.39, 0.29) is 6.61 Å². The van der Waals surface area contributed by atoms with E-state index in [0.29, 0.717) is 6.42 Å². The molecule has 1 N–H and O–H groups in total. The predicted octanol–water partition coefficient (Wildman–Crippen LogP) is 0.206. The van der Waals surface area contributed by atoms with Gasteiger partial charge in [0.15, 0.2) is 0 Å². The molecule has 0 amide bonds. The molecule has 0 bridgehead atoms. The van der Waals surface area contributed by atoms with Gasteiger partial charge in [0.05, 0.1) is 0 Å². The monoisotopic (exact) mass is 83.0 g/mol. The van der Waals surface area contributed by atoms with Gasteiger partial charge in [-0.15, -0.1) is 5.92 Å². The van der Waals surface area contributed by atoms with Crippen molar-refractivity contribution in [3.63, 3.8) is 0 Å². The maximum absolute atomic E-state index is 8.00. The Morgan fingerprint density at radius 2 is 2.17 bits per heavy atom. The molecule has 6 heavy (non-hydrogen) atoms. The normalized spacial score (nSPS) is 6.33. The van der Waals surface area contributed by atoms with Crippen LogP contribution in [0, 0.1) is 18.8 Å². The molecule has 1 radical (unpaired) electrons. The van der Waals surface area contributed by atoms with Crippen LogP contribution in [0.1, 0.15) is 6.42 Å². The van der Waals surface area contributed by atoms with Gasteiger partial charge in [-0.1, -0.05) is 5.92 Å². The van der Waals surface area contributed by atoms with Gasteiger partial charge in [0.25, 0.3) is 0 Å². The highest BCUT2D eigenvalue weighted by molar-refractivity contribution is 4.98. The molecule has 1 nitrogen and oxygen atoms in total. The number of hydrogen-bond acceptors (Lipinski definition) is 1. The second-order valence-electron chi connectivity index (χ2n) is 0.762. The number of aliphatic hydroxyl groups excluding tert-OH is 1. The van der Waals surface area contributed by atoms with Crippen LogP contribution >= 0.6 is 0 Å². The van der Waals surface area contributed by atoms with Crippen molar-refractivity contribution in [1.82, 2.24) is 0 Å². The first-order chi connectivity index (χ1) is 2.91. The molecule has 33 valence electrons. The summed E-state index contributed by atoms with van der Waals surface area (Å²) < 4.78 is 0. The summed E-state index contributed by atoms with van der Waals surface area (Å²) in [7, 11) is 0. The second-order valence-corrected chi connectivity index (χ2v) is 0.762. The second kappa shape index (κ2) is 4.52. The molecular formula is C5H7O. The van der Waals surface area contributed by atoms with Crippen molar-refractivity contribution in [3.05, 3.63) is 6.92 Å². The smallest absolute Gasteiger partial charge is 0.104 e. The lowest BCUT2D eigenvalue weighted by Gasteiger charge is -1.66. The van der Waals surface area contributed by atoms with E-state index in [2.05, 4.69) is 18.8 Å². The number of hydrogen-bond donors (Lipinski definition) is 1. The topological polar surface area (TPSA) is 20.2 Å². The van der Waals surface area contributed by atoms with Crippen molar-refractivity contribution >= 4 is 0 Å². The number of aliphatic hydroxyl groups is 1. The standard InChI is InChI=1S/C5H7O/c1-2-3-4-5-6/h6H,1-2,5H2. The van der Waals surface area contributed by atoms with E-state index in [9.17, 15) is 0 Å². The Labute approximate surface area is 38.0 Å². The van der Waals surface area contributed by atoms with E-state index >= 15 is 0 Å². The van der Waals surface area contributed by atoms with E-state index in [0.717, 1.165) is 0 Å². The highest BCUT2D eigenvalue weighted by atomic mass is 16.2. The van der Waals surface area contributed by atoms with Gasteiger partial charge in [-0.2, -0.15) is 0 Å². The predicted molar refractivity (Wildman–Crippen MR) is 24.8 cm³/mol. The average Bonchev–Trinajstić information content (AvgIpc) is 1.61. The maximum atomic E-state index is 8.00. The van der Waals surface area contributed by atoms with Gasteiger partial charge in [-0.25, -0.2) is 0 Å².